The molecule has 0 aliphatic heterocycles. The Balaban J connectivity index is 2.59. The fourth-order valence-corrected chi connectivity index (χ4v) is 0.857. The zero-order valence-electron chi connectivity index (χ0n) is 7.70. The van der Waals surface area contributed by atoms with Crippen LogP contribution < -0.4 is 10.6 Å². The van der Waals surface area contributed by atoms with E-state index in [9.17, 15) is 0 Å². The van der Waals surface area contributed by atoms with Crippen molar-refractivity contribution in [2.75, 3.05) is 23.7 Å². The van der Waals surface area contributed by atoms with Gasteiger partial charge in [0.25, 0.3) is 0 Å². The van der Waals surface area contributed by atoms with Gasteiger partial charge in [-0.1, -0.05) is 6.08 Å². The maximum absolute atomic E-state index is 8.35. The van der Waals surface area contributed by atoms with Crippen molar-refractivity contribution in [3.8, 4) is 6.07 Å². The Morgan fingerprint density at radius 3 is 2.79 bits per heavy atom. The molecule has 0 bridgehead atoms. The number of nitrogens with zero attached hydrogens (tertiary/aromatic N) is 3. The smallest absolute Gasteiger partial charge is 0.132 e. The van der Waals surface area contributed by atoms with Gasteiger partial charge in [0.2, 0.25) is 0 Å². The van der Waals surface area contributed by atoms with Crippen molar-refractivity contribution in [1.29, 1.82) is 5.26 Å². The van der Waals surface area contributed by atoms with Gasteiger partial charge in [0, 0.05) is 12.6 Å². The van der Waals surface area contributed by atoms with Crippen LogP contribution in [0.2, 0.25) is 0 Å². The molecule has 1 heterocycles. The van der Waals surface area contributed by atoms with Crippen molar-refractivity contribution < 1.29 is 0 Å². The van der Waals surface area contributed by atoms with Gasteiger partial charge < -0.3 is 10.6 Å². The van der Waals surface area contributed by atoms with E-state index in [0.29, 0.717) is 18.2 Å². The van der Waals surface area contributed by atoms with E-state index < -0.39 is 0 Å². The molecule has 72 valence electrons. The summed E-state index contributed by atoms with van der Waals surface area (Å²) in [6.07, 6.45) is 3.18. The number of nitrogens with one attached hydrogen (secondary N) is 2. The molecule has 0 fully saturated rings. The minimum Gasteiger partial charge on any atom is -0.366 e. The van der Waals surface area contributed by atoms with Gasteiger partial charge >= 0.3 is 0 Å². The van der Waals surface area contributed by atoms with Crippen molar-refractivity contribution in [3.05, 3.63) is 25.0 Å². The number of hydrogen-bond donors (Lipinski definition) is 2. The van der Waals surface area contributed by atoms with E-state index >= 15 is 0 Å². The molecule has 0 saturated carbocycles. The first-order valence-electron chi connectivity index (χ1n) is 4.14. The van der Waals surface area contributed by atoms with Crippen LogP contribution in [0.15, 0.2) is 25.0 Å². The van der Waals surface area contributed by atoms with Crippen LogP contribution in [0.25, 0.3) is 0 Å². The maximum atomic E-state index is 8.35. The van der Waals surface area contributed by atoms with E-state index in [-0.39, 0.29) is 6.54 Å². The third-order valence-electron chi connectivity index (χ3n) is 1.44. The number of anilines is 2. The molecule has 5 heteroatoms. The third-order valence-corrected chi connectivity index (χ3v) is 1.44. The highest BCUT2D eigenvalue weighted by Gasteiger charge is 1.95. The average Bonchev–Trinajstić information content (AvgIpc) is 2.24. The topological polar surface area (TPSA) is 73.6 Å². The van der Waals surface area contributed by atoms with E-state index in [0.717, 1.165) is 0 Å². The minimum absolute atomic E-state index is 0.234. The third kappa shape index (κ3) is 3.11. The molecular formula is C9H11N5. The van der Waals surface area contributed by atoms with E-state index in [1.165, 1.54) is 6.33 Å². The maximum Gasteiger partial charge on any atom is 0.132 e. The number of hydrogen-bond acceptors (Lipinski definition) is 5. The lowest BCUT2D eigenvalue weighted by Gasteiger charge is -2.04. The molecular weight excluding hydrogens is 178 g/mol. The Labute approximate surface area is 82.5 Å². The summed E-state index contributed by atoms with van der Waals surface area (Å²) in [5.74, 6) is 1.34. The number of nitriles is 1. The Morgan fingerprint density at radius 2 is 2.14 bits per heavy atom. The van der Waals surface area contributed by atoms with Gasteiger partial charge in [0.1, 0.15) is 24.5 Å². The SMILES string of the molecule is C=CCNc1cc(NCC#N)ncn1. The second-order valence-corrected chi connectivity index (χ2v) is 2.47. The summed E-state index contributed by atoms with van der Waals surface area (Å²) >= 11 is 0. The lowest BCUT2D eigenvalue weighted by Crippen LogP contribution is -2.04. The predicted molar refractivity (Wildman–Crippen MR) is 54.8 cm³/mol. The van der Waals surface area contributed by atoms with Gasteiger partial charge in [0.05, 0.1) is 6.07 Å². The van der Waals surface area contributed by atoms with Crippen molar-refractivity contribution in [1.82, 2.24) is 9.97 Å². The Hall–Kier alpha value is -2.09. The molecule has 2 N–H and O–H groups in total. The van der Waals surface area contributed by atoms with Crippen LogP contribution in [0.5, 0.6) is 0 Å². The molecule has 14 heavy (non-hydrogen) atoms. The molecule has 1 rings (SSSR count). The average molecular weight is 189 g/mol. The van der Waals surface area contributed by atoms with Crippen LogP contribution in [0.3, 0.4) is 0 Å². The fourth-order valence-electron chi connectivity index (χ4n) is 0.857. The molecule has 0 aliphatic rings. The highest BCUT2D eigenvalue weighted by Crippen LogP contribution is 2.07. The highest BCUT2D eigenvalue weighted by molar-refractivity contribution is 5.46. The predicted octanol–water partition coefficient (Wildman–Crippen LogP) is 1.01. The fraction of sp³-hybridized carbons (Fsp3) is 0.222. The first-order chi connectivity index (χ1) is 6.86. The first-order valence-corrected chi connectivity index (χ1v) is 4.14. The Morgan fingerprint density at radius 1 is 1.43 bits per heavy atom. The summed E-state index contributed by atoms with van der Waals surface area (Å²) in [6.45, 7) is 4.46. The van der Waals surface area contributed by atoms with Crippen molar-refractivity contribution >= 4 is 11.6 Å². The standard InChI is InChI=1S/C9H11N5/c1-2-4-11-8-6-9(12-5-3-10)14-7-13-8/h2,6-7H,1,4-5H2,(H2,11,12,13,14). The Bertz CT molecular complexity index is 341. The van der Waals surface area contributed by atoms with Gasteiger partial charge in [-0.05, 0) is 0 Å². The van der Waals surface area contributed by atoms with Crippen LogP contribution in [-0.4, -0.2) is 23.1 Å². The Kier molecular flexibility index (Phi) is 3.95. The summed E-state index contributed by atoms with van der Waals surface area (Å²) in [5, 5.41) is 14.2. The van der Waals surface area contributed by atoms with Crippen LogP contribution in [-0.2, 0) is 0 Å². The van der Waals surface area contributed by atoms with Crippen LogP contribution in [0, 0.1) is 11.3 Å². The lowest BCUT2D eigenvalue weighted by molar-refractivity contribution is 1.12. The molecule has 0 unspecified atom stereocenters. The number of rotatable bonds is 5. The van der Waals surface area contributed by atoms with Crippen molar-refractivity contribution in [2.24, 2.45) is 0 Å². The zero-order valence-corrected chi connectivity index (χ0v) is 7.70. The van der Waals surface area contributed by atoms with E-state index in [2.05, 4.69) is 27.2 Å². The molecule has 0 atom stereocenters. The molecule has 0 aromatic carbocycles. The molecule has 5 nitrogen and oxygen atoms in total. The van der Waals surface area contributed by atoms with Gasteiger partial charge in [-0.3, -0.25) is 0 Å². The molecule has 0 saturated heterocycles. The molecule has 0 radical (unpaired) electrons. The van der Waals surface area contributed by atoms with E-state index in [1.54, 1.807) is 12.1 Å². The molecule has 0 amide bonds. The van der Waals surface area contributed by atoms with Crippen LogP contribution >= 0.6 is 0 Å². The highest BCUT2D eigenvalue weighted by atomic mass is 15.1. The van der Waals surface area contributed by atoms with Crippen LogP contribution in [0.4, 0.5) is 11.6 Å². The zero-order chi connectivity index (χ0) is 10.2. The summed E-state index contributed by atoms with van der Waals surface area (Å²) < 4.78 is 0. The molecule has 1 aromatic rings. The van der Waals surface area contributed by atoms with Gasteiger partial charge in [0.15, 0.2) is 0 Å². The molecule has 0 spiro atoms. The van der Waals surface area contributed by atoms with E-state index in [4.69, 9.17) is 5.26 Å². The molecule has 0 aliphatic carbocycles. The first kappa shape index (κ1) is 9.99. The van der Waals surface area contributed by atoms with Crippen molar-refractivity contribution in [3.63, 3.8) is 0 Å². The van der Waals surface area contributed by atoms with Crippen LogP contribution in [0.1, 0.15) is 0 Å². The summed E-state index contributed by atoms with van der Waals surface area (Å²) in [4.78, 5) is 7.94. The van der Waals surface area contributed by atoms with E-state index in [1.807, 2.05) is 6.07 Å². The summed E-state index contributed by atoms with van der Waals surface area (Å²) in [5.41, 5.74) is 0. The normalized spacial score (nSPS) is 8.79. The second kappa shape index (κ2) is 5.54. The van der Waals surface area contributed by atoms with Gasteiger partial charge in [-0.25, -0.2) is 9.97 Å². The second-order valence-electron chi connectivity index (χ2n) is 2.47. The quantitative estimate of drug-likeness (QED) is 0.534. The monoisotopic (exact) mass is 189 g/mol. The van der Waals surface area contributed by atoms with Gasteiger partial charge in [-0.15, -0.1) is 6.58 Å². The van der Waals surface area contributed by atoms with Crippen molar-refractivity contribution in [2.45, 2.75) is 0 Å². The van der Waals surface area contributed by atoms with Gasteiger partial charge in [-0.2, -0.15) is 5.26 Å². The number of aromatic nitrogens is 2. The lowest BCUT2D eigenvalue weighted by atomic mass is 10.5. The summed E-state index contributed by atoms with van der Waals surface area (Å²) in [7, 11) is 0. The largest absolute Gasteiger partial charge is 0.366 e. The molecule has 1 aromatic heterocycles. The summed E-state index contributed by atoms with van der Waals surface area (Å²) in [6, 6.07) is 3.71. The minimum atomic E-state index is 0.234.